The van der Waals surface area contributed by atoms with Gasteiger partial charge in [0, 0.05) is 86.2 Å². The van der Waals surface area contributed by atoms with Gasteiger partial charge in [-0.2, -0.15) is 0 Å². The van der Waals surface area contributed by atoms with E-state index in [-0.39, 0.29) is 54.3 Å². The minimum absolute atomic E-state index is 0.0259. The smallest absolute Gasteiger partial charge is 0.246 e. The molecule has 2 aromatic carbocycles. The number of carbonyl (C=O) groups excluding carboxylic acids is 3. The van der Waals surface area contributed by atoms with Crippen LogP contribution < -0.4 is 25.8 Å². The monoisotopic (exact) mass is 1010 g/mol. The first-order chi connectivity index (χ1) is 35.1. The van der Waals surface area contributed by atoms with Crippen molar-refractivity contribution in [3.8, 4) is 28.8 Å². The number of aliphatic hydroxyl groups excluding tert-OH is 1. The molecule has 4 aromatic rings. The van der Waals surface area contributed by atoms with Crippen molar-refractivity contribution in [3.05, 3.63) is 82.6 Å². The molecule has 1 spiro atoms. The molecule has 3 saturated heterocycles. The third kappa shape index (κ3) is 11.8. The molecular weight excluding hydrogens is 942 g/mol. The van der Waals surface area contributed by atoms with Crippen molar-refractivity contribution in [2.75, 3.05) is 74.0 Å². The number of rotatable bonds is 12. The van der Waals surface area contributed by atoms with Crippen LogP contribution in [0.15, 0.2) is 60.9 Å². The highest BCUT2D eigenvalue weighted by Crippen LogP contribution is 2.55. The number of aromatic hydroxyl groups is 1. The molecule has 2 aromatic heterocycles. The number of anilines is 3. The van der Waals surface area contributed by atoms with Gasteiger partial charge in [0.05, 0.1) is 24.0 Å². The quantitative estimate of drug-likeness (QED) is 0.0963. The number of amides is 3. The van der Waals surface area contributed by atoms with Crippen LogP contribution in [0.4, 0.5) is 17.5 Å². The highest BCUT2D eigenvalue weighted by Gasteiger charge is 2.50. The van der Waals surface area contributed by atoms with E-state index < -0.39 is 23.6 Å². The maximum Gasteiger partial charge on any atom is 0.246 e. The fraction of sp³-hybridized carbons (Fsp3) is 0.554. The number of aromatic nitrogens is 4. The van der Waals surface area contributed by atoms with Gasteiger partial charge in [0.25, 0.3) is 0 Å². The second-order valence-electron chi connectivity index (χ2n) is 22.1. The summed E-state index contributed by atoms with van der Waals surface area (Å²) in [7, 11) is 0. The van der Waals surface area contributed by atoms with Crippen LogP contribution in [0, 0.1) is 35.5 Å². The Morgan fingerprint density at radius 1 is 0.904 bits per heavy atom. The first kappa shape index (κ1) is 51.9. The summed E-state index contributed by atoms with van der Waals surface area (Å²) in [6.45, 7) is 15.8. The zero-order chi connectivity index (χ0) is 51.4. The van der Waals surface area contributed by atoms with Gasteiger partial charge in [-0.25, -0.2) is 9.97 Å². The number of hydrogen-bond donors (Lipinski definition) is 5. The van der Waals surface area contributed by atoms with Crippen molar-refractivity contribution in [3.63, 3.8) is 0 Å². The van der Waals surface area contributed by atoms with Crippen molar-refractivity contribution >= 4 is 46.8 Å². The highest BCUT2D eigenvalue weighted by atomic mass is 35.5. The maximum atomic E-state index is 14.2. The molecule has 0 unspecified atom stereocenters. The van der Waals surface area contributed by atoms with E-state index in [0.717, 1.165) is 113 Å². The summed E-state index contributed by atoms with van der Waals surface area (Å²) >= 11 is 6.07. The van der Waals surface area contributed by atoms with Gasteiger partial charge in [-0.05, 0) is 143 Å². The molecule has 2 aliphatic carbocycles. The number of likely N-dealkylation sites (tertiary alicyclic amines) is 2. The van der Waals surface area contributed by atoms with E-state index in [4.69, 9.17) is 21.6 Å². The van der Waals surface area contributed by atoms with E-state index in [1.807, 2.05) is 77.3 Å². The molecule has 2 saturated carbocycles. The maximum absolute atomic E-state index is 14.2. The number of piperidine rings is 1. The highest BCUT2D eigenvalue weighted by molar-refractivity contribution is 6.30. The van der Waals surface area contributed by atoms with Gasteiger partial charge >= 0.3 is 0 Å². The number of nitrogens with zero attached hydrogens (tertiary/aromatic N) is 8. The van der Waals surface area contributed by atoms with Gasteiger partial charge in [-0.3, -0.25) is 14.4 Å². The van der Waals surface area contributed by atoms with Crippen molar-refractivity contribution in [1.82, 2.24) is 40.6 Å². The van der Waals surface area contributed by atoms with Gasteiger partial charge in [0.2, 0.25) is 23.7 Å². The summed E-state index contributed by atoms with van der Waals surface area (Å²) in [6, 6.07) is 13.5. The fourth-order valence-corrected chi connectivity index (χ4v) is 12.1. The number of benzene rings is 2. The zero-order valence-corrected chi connectivity index (χ0v) is 43.8. The minimum Gasteiger partial charge on any atom is -0.507 e. The molecule has 5 fully saturated rings. The van der Waals surface area contributed by atoms with Crippen LogP contribution in [0.5, 0.6) is 5.75 Å². The number of carbonyl (C=O) groups is 3. The van der Waals surface area contributed by atoms with E-state index in [1.165, 1.54) is 23.3 Å². The average molecular weight is 1010 g/mol. The normalized spacial score (nSPS) is 24.1. The predicted molar refractivity (Wildman–Crippen MR) is 284 cm³/mol. The Morgan fingerprint density at radius 3 is 2.27 bits per heavy atom. The van der Waals surface area contributed by atoms with Crippen molar-refractivity contribution in [2.24, 2.45) is 16.7 Å². The van der Waals surface area contributed by atoms with E-state index in [9.17, 15) is 24.6 Å². The molecule has 5 aliphatic rings. The summed E-state index contributed by atoms with van der Waals surface area (Å²) in [6.07, 6.45) is 11.4. The standard InChI is InChI=1S/C56H72ClN11O5/c1-6-58-50-46(30-45(63-64-50)44-11-7-8-12-48(44)70)66-24-26-67(27-25-66)54-60-33-40(34-61-54)38-17-22-65(23-18-38)42-31-56(32-42)19-15-39(16-20-56)51(71)62-49(55(3,4)5)53(73)68-35-43(69)29-47(68)52(72)59-21-9-10-37-13-14-41(57)28-36(37)2/h7-8,11-14,28,30,33-34,38-39,42-43,47,49,69-70H,6,15-27,29,31-32,35H2,1-5H3,(H,58,64)(H,59,72)(H,62,71)/t39-,42-,43-,47+,49-,56?/m1/s1. The van der Waals surface area contributed by atoms with E-state index in [2.05, 4.69) is 52.7 Å². The number of aliphatic hydroxyl groups is 1. The Labute approximate surface area is 435 Å². The molecule has 16 nitrogen and oxygen atoms in total. The number of β-amino-alcohol motifs (C(OH)–C–C–N with tert-alkyl or cyclic N) is 1. The Hall–Kier alpha value is -6.02. The van der Waals surface area contributed by atoms with Gasteiger partial charge < -0.3 is 45.8 Å². The molecule has 0 bridgehead atoms. The lowest BCUT2D eigenvalue weighted by molar-refractivity contribution is -0.145. The van der Waals surface area contributed by atoms with Gasteiger partial charge in [0.15, 0.2) is 5.82 Å². The number of para-hydroxylation sites is 1. The van der Waals surface area contributed by atoms with Crippen LogP contribution in [0.1, 0.15) is 108 Å². The summed E-state index contributed by atoms with van der Waals surface area (Å²) in [5.74, 6) is 7.14. The van der Waals surface area contributed by atoms with Crippen molar-refractivity contribution in [1.29, 1.82) is 0 Å². The number of aryl methyl sites for hydroxylation is 1. The van der Waals surface area contributed by atoms with Gasteiger partial charge in [-0.15, -0.1) is 10.2 Å². The topological polar surface area (TPSA) is 192 Å². The van der Waals surface area contributed by atoms with E-state index in [0.29, 0.717) is 28.2 Å². The number of phenolic OH excluding ortho intramolecular Hbond substituents is 1. The molecule has 3 atom stereocenters. The summed E-state index contributed by atoms with van der Waals surface area (Å²) in [4.78, 5) is 60.0. The second kappa shape index (κ2) is 22.2. The Morgan fingerprint density at radius 2 is 1.60 bits per heavy atom. The van der Waals surface area contributed by atoms with Crippen LogP contribution in [-0.2, 0) is 14.4 Å². The second-order valence-corrected chi connectivity index (χ2v) is 22.6. The molecule has 17 heteroatoms. The first-order valence-corrected chi connectivity index (χ1v) is 26.7. The van der Waals surface area contributed by atoms with E-state index in [1.54, 1.807) is 18.2 Å². The number of piperazine rings is 1. The third-order valence-electron chi connectivity index (χ3n) is 16.2. The Bertz CT molecular complexity index is 2670. The lowest BCUT2D eigenvalue weighted by atomic mass is 9.56. The number of halogens is 1. The molecular formula is C56H72ClN11O5. The van der Waals surface area contributed by atoms with Gasteiger partial charge in [0.1, 0.15) is 17.8 Å². The molecule has 5 N–H and O–H groups in total. The molecule has 3 aliphatic heterocycles. The molecule has 388 valence electrons. The van der Waals surface area contributed by atoms with Crippen LogP contribution in [0.3, 0.4) is 0 Å². The SMILES string of the molecule is CCNc1nnc(-c2ccccc2O)cc1N1CCN(c2ncc(C3CCN([C@H]4CC5(CC[C@H](C(=O)N[C@H](C(=O)N6C[C@H](O)C[C@H]6C(=O)NCC#Cc6ccc(Cl)cc6C)C(C)(C)C)CC5)C4)CC3)cn2)CC1. The molecule has 9 rings (SSSR count). The number of nitrogens with one attached hydrogen (secondary N) is 3. The molecule has 5 heterocycles. The molecule has 3 amide bonds. The molecule has 0 radical (unpaired) electrons. The number of phenols is 1. The largest absolute Gasteiger partial charge is 0.507 e. The lowest BCUT2D eigenvalue weighted by Gasteiger charge is -2.55. The Kier molecular flexibility index (Phi) is 15.8. The summed E-state index contributed by atoms with van der Waals surface area (Å²) < 4.78 is 0. The lowest BCUT2D eigenvalue weighted by Crippen LogP contribution is -2.59. The summed E-state index contributed by atoms with van der Waals surface area (Å²) in [5.41, 5.74) is 4.86. The van der Waals surface area contributed by atoms with Crippen LogP contribution in [0.25, 0.3) is 11.3 Å². The average Bonchev–Trinajstić information content (AvgIpc) is 3.78. The van der Waals surface area contributed by atoms with Crippen LogP contribution in [-0.4, -0.2) is 141 Å². The molecule has 73 heavy (non-hydrogen) atoms. The van der Waals surface area contributed by atoms with Gasteiger partial charge in [-0.1, -0.05) is 56.3 Å². The Balaban J connectivity index is 0.710. The third-order valence-corrected chi connectivity index (χ3v) is 16.4. The van der Waals surface area contributed by atoms with E-state index >= 15 is 0 Å². The minimum atomic E-state index is -0.862. The summed E-state index contributed by atoms with van der Waals surface area (Å²) in [5, 5.41) is 40.0. The van der Waals surface area contributed by atoms with Crippen LogP contribution in [0.2, 0.25) is 5.02 Å². The van der Waals surface area contributed by atoms with Crippen LogP contribution >= 0.6 is 11.6 Å². The number of hydrogen-bond acceptors (Lipinski definition) is 13. The first-order valence-electron chi connectivity index (χ1n) is 26.4. The fourth-order valence-electron chi connectivity index (χ4n) is 11.8. The van der Waals surface area contributed by atoms with Crippen molar-refractivity contribution < 1.29 is 24.6 Å². The van der Waals surface area contributed by atoms with Crippen molar-refractivity contribution in [2.45, 2.75) is 123 Å². The zero-order valence-electron chi connectivity index (χ0n) is 43.0. The predicted octanol–water partition coefficient (Wildman–Crippen LogP) is 6.54.